The van der Waals surface area contributed by atoms with Crippen LogP contribution >= 0.6 is 0 Å². The Bertz CT molecular complexity index is 529. The summed E-state index contributed by atoms with van der Waals surface area (Å²) >= 11 is 0. The van der Waals surface area contributed by atoms with E-state index >= 15 is 0 Å². The van der Waals surface area contributed by atoms with Crippen LogP contribution in [0, 0.1) is 11.3 Å². The second kappa shape index (κ2) is 5.03. The highest BCUT2D eigenvalue weighted by Crippen LogP contribution is 2.25. The number of nitrogens with zero attached hydrogens (tertiary/aromatic N) is 1. The second-order valence-electron chi connectivity index (χ2n) is 3.08. The third kappa shape index (κ3) is 3.44. The maximum atomic E-state index is 12.3. The first-order chi connectivity index (χ1) is 8.24. The van der Waals surface area contributed by atoms with Crippen LogP contribution in [0.25, 0.3) is 0 Å². The van der Waals surface area contributed by atoms with Crippen molar-refractivity contribution in [3.63, 3.8) is 0 Å². The molecule has 0 unspecified atom stereocenters. The van der Waals surface area contributed by atoms with Crippen LogP contribution in [0.4, 0.5) is 22.0 Å². The molecule has 0 bridgehead atoms. The average molecular weight is 268 g/mol. The summed E-state index contributed by atoms with van der Waals surface area (Å²) in [6.45, 7) is 0. The van der Waals surface area contributed by atoms with E-state index < -0.39 is 41.8 Å². The summed E-state index contributed by atoms with van der Waals surface area (Å²) in [4.78, 5) is 12.9. The fourth-order valence-corrected chi connectivity index (χ4v) is 1.15. The van der Waals surface area contributed by atoms with Crippen molar-refractivity contribution in [2.24, 2.45) is 0 Å². The molecule has 0 radical (unpaired) electrons. The number of ether oxygens (including phenoxy) is 1. The van der Waals surface area contributed by atoms with Gasteiger partial charge in [-0.2, -0.15) is 5.26 Å². The zero-order valence-electron chi connectivity index (χ0n) is 8.52. The minimum Gasteiger partial charge on any atom is -0.389 e. The number of nitrogens with one attached hydrogen (secondary N) is 1. The predicted octanol–water partition coefficient (Wildman–Crippen LogP) is 2.28. The molecule has 0 aliphatic carbocycles. The minimum atomic E-state index is -5.16. The number of H-pyrrole nitrogens is 1. The van der Waals surface area contributed by atoms with E-state index in [1.807, 2.05) is 0 Å². The Morgan fingerprint density at radius 3 is 2.50 bits per heavy atom. The Morgan fingerprint density at radius 2 is 2.06 bits per heavy atom. The summed E-state index contributed by atoms with van der Waals surface area (Å²) in [7, 11) is 0. The first-order valence-corrected chi connectivity index (χ1v) is 4.41. The van der Waals surface area contributed by atoms with Crippen LogP contribution < -0.4 is 10.2 Å². The molecule has 1 aromatic rings. The molecule has 1 rings (SSSR count). The molecule has 0 amide bonds. The molecule has 0 aliphatic rings. The van der Waals surface area contributed by atoms with E-state index in [1.165, 1.54) is 6.07 Å². The van der Waals surface area contributed by atoms with Crippen molar-refractivity contribution >= 4 is 0 Å². The van der Waals surface area contributed by atoms with Gasteiger partial charge in [-0.3, -0.25) is 4.79 Å². The molecule has 0 atom stereocenters. The topological polar surface area (TPSA) is 65.9 Å². The van der Waals surface area contributed by atoms with Crippen LogP contribution in [0.2, 0.25) is 0 Å². The minimum absolute atomic E-state index is 0.431. The van der Waals surface area contributed by atoms with Crippen LogP contribution in [0.15, 0.2) is 10.9 Å². The van der Waals surface area contributed by atoms with Gasteiger partial charge in [0.1, 0.15) is 0 Å². The maximum Gasteiger partial charge on any atom is 0.574 e. The second-order valence-corrected chi connectivity index (χ2v) is 3.08. The third-order valence-electron chi connectivity index (χ3n) is 1.82. The molecular formula is C9H5F5N2O2. The Balaban J connectivity index is 3.34. The van der Waals surface area contributed by atoms with Gasteiger partial charge in [0.2, 0.25) is 5.88 Å². The summed E-state index contributed by atoms with van der Waals surface area (Å²) in [5.41, 5.74) is -2.79. The smallest absolute Gasteiger partial charge is 0.389 e. The van der Waals surface area contributed by atoms with Gasteiger partial charge in [0, 0.05) is 6.07 Å². The summed E-state index contributed by atoms with van der Waals surface area (Å²) in [6, 6.07) is 1.88. The van der Waals surface area contributed by atoms with Gasteiger partial charge >= 0.3 is 6.36 Å². The monoisotopic (exact) mass is 268 g/mol. The van der Waals surface area contributed by atoms with E-state index in [9.17, 15) is 26.7 Å². The molecule has 9 heteroatoms. The van der Waals surface area contributed by atoms with Gasteiger partial charge in [0.05, 0.1) is 23.7 Å². The van der Waals surface area contributed by atoms with Crippen molar-refractivity contribution in [2.45, 2.75) is 19.2 Å². The van der Waals surface area contributed by atoms with Crippen molar-refractivity contribution in [3.05, 3.63) is 27.5 Å². The Labute approximate surface area is 96.6 Å². The molecule has 0 fully saturated rings. The number of aromatic nitrogens is 1. The lowest BCUT2D eigenvalue weighted by molar-refractivity contribution is -0.276. The van der Waals surface area contributed by atoms with Gasteiger partial charge < -0.3 is 9.72 Å². The van der Waals surface area contributed by atoms with E-state index in [-0.39, 0.29) is 0 Å². The highest BCUT2D eigenvalue weighted by molar-refractivity contribution is 5.31. The normalized spacial score (nSPS) is 11.4. The number of pyridine rings is 1. The predicted molar refractivity (Wildman–Crippen MR) is 48.0 cm³/mol. The molecule has 0 saturated carbocycles. The molecule has 0 aromatic carbocycles. The summed E-state index contributed by atoms with van der Waals surface area (Å²) < 4.78 is 64.1. The molecule has 1 heterocycles. The lowest BCUT2D eigenvalue weighted by Gasteiger charge is -2.12. The largest absolute Gasteiger partial charge is 0.574 e. The molecule has 0 saturated heterocycles. The molecule has 18 heavy (non-hydrogen) atoms. The van der Waals surface area contributed by atoms with Crippen LogP contribution in [-0.4, -0.2) is 11.3 Å². The van der Waals surface area contributed by atoms with Crippen molar-refractivity contribution < 1.29 is 26.7 Å². The molecule has 0 spiro atoms. The highest BCUT2D eigenvalue weighted by atomic mass is 19.4. The number of nitriles is 1. The Morgan fingerprint density at radius 1 is 1.44 bits per heavy atom. The number of rotatable bonds is 3. The van der Waals surface area contributed by atoms with E-state index in [1.54, 1.807) is 4.98 Å². The number of aromatic amines is 1. The van der Waals surface area contributed by atoms with Crippen molar-refractivity contribution in [2.75, 3.05) is 0 Å². The summed E-state index contributed by atoms with van der Waals surface area (Å²) in [6.07, 6.45) is -9.01. The number of hydrogen-bond donors (Lipinski definition) is 1. The van der Waals surface area contributed by atoms with Crippen LogP contribution in [-0.2, 0) is 6.42 Å². The lowest BCUT2D eigenvalue weighted by atomic mass is 10.2. The van der Waals surface area contributed by atoms with Crippen molar-refractivity contribution in [1.82, 2.24) is 4.98 Å². The van der Waals surface area contributed by atoms with Gasteiger partial charge in [-0.05, 0) is 0 Å². The van der Waals surface area contributed by atoms with Crippen LogP contribution in [0.1, 0.15) is 17.7 Å². The summed E-state index contributed by atoms with van der Waals surface area (Å²) in [5.74, 6) is -1.19. The van der Waals surface area contributed by atoms with E-state index in [2.05, 4.69) is 4.74 Å². The first-order valence-electron chi connectivity index (χ1n) is 4.41. The van der Waals surface area contributed by atoms with Crippen molar-refractivity contribution in [3.8, 4) is 11.9 Å². The first kappa shape index (κ1) is 14.0. The standard InChI is InChI=1S/C9H5F5N2O2/c10-7(11)5-3-6(17)4(1-2-15)8(16-5)18-9(12,13)14/h3,7H,1H2,(H,16,17). The van der Waals surface area contributed by atoms with E-state index in [4.69, 9.17) is 5.26 Å². The number of alkyl halides is 5. The zero-order valence-corrected chi connectivity index (χ0v) is 8.52. The Hall–Kier alpha value is -2.11. The van der Waals surface area contributed by atoms with Crippen molar-refractivity contribution in [1.29, 1.82) is 5.26 Å². The van der Waals surface area contributed by atoms with Gasteiger partial charge in [-0.15, -0.1) is 13.2 Å². The third-order valence-corrected chi connectivity index (χ3v) is 1.82. The Kier molecular flexibility index (Phi) is 3.90. The van der Waals surface area contributed by atoms with Crippen LogP contribution in [0.5, 0.6) is 5.88 Å². The van der Waals surface area contributed by atoms with Gasteiger partial charge in [-0.25, -0.2) is 8.78 Å². The molecule has 0 aliphatic heterocycles. The molecule has 1 N–H and O–H groups in total. The molecule has 1 aromatic heterocycles. The lowest BCUT2D eigenvalue weighted by Crippen LogP contribution is -2.22. The fourth-order valence-electron chi connectivity index (χ4n) is 1.15. The summed E-state index contributed by atoms with van der Waals surface area (Å²) in [5, 5.41) is 8.36. The zero-order chi connectivity index (χ0) is 13.9. The van der Waals surface area contributed by atoms with Gasteiger partial charge in [0.15, 0.2) is 5.43 Å². The van der Waals surface area contributed by atoms with E-state index in [0.29, 0.717) is 6.07 Å². The fraction of sp³-hybridized carbons (Fsp3) is 0.333. The SMILES string of the molecule is N#CCc1c(OC(F)(F)F)[nH]c(C(F)F)cc1=O. The van der Waals surface area contributed by atoms with Gasteiger partial charge in [0.25, 0.3) is 6.43 Å². The molecular weight excluding hydrogens is 263 g/mol. The van der Waals surface area contributed by atoms with Crippen LogP contribution in [0.3, 0.4) is 0 Å². The molecule has 4 nitrogen and oxygen atoms in total. The maximum absolute atomic E-state index is 12.3. The average Bonchev–Trinajstić information content (AvgIpc) is 2.20. The molecule has 98 valence electrons. The quantitative estimate of drug-likeness (QED) is 0.855. The van der Waals surface area contributed by atoms with E-state index in [0.717, 1.165) is 0 Å². The number of hydrogen-bond acceptors (Lipinski definition) is 3. The highest BCUT2D eigenvalue weighted by Gasteiger charge is 2.33. The number of halogens is 5. The van der Waals surface area contributed by atoms with Gasteiger partial charge in [-0.1, -0.05) is 0 Å².